The van der Waals surface area contributed by atoms with Gasteiger partial charge in [-0.05, 0) is 32.6 Å². The number of fused-ring (bicyclic) bond motifs is 3. The second-order valence-electron chi connectivity index (χ2n) is 7.54. The molecule has 1 amide bonds. The minimum atomic E-state index is -4.58. The SMILES string of the molecule is CCOC(=O)C1=C(C(F)(F)F)C2CCC3N(C)C(=O)CCC3(C)C2=CC1. The van der Waals surface area contributed by atoms with Gasteiger partial charge in [0.05, 0.1) is 12.2 Å². The van der Waals surface area contributed by atoms with Crippen molar-refractivity contribution in [1.29, 1.82) is 0 Å². The Hall–Kier alpha value is -1.79. The summed E-state index contributed by atoms with van der Waals surface area (Å²) < 4.78 is 46.5. The van der Waals surface area contributed by atoms with Crippen LogP contribution in [-0.2, 0) is 14.3 Å². The van der Waals surface area contributed by atoms with Crippen molar-refractivity contribution in [2.24, 2.45) is 11.3 Å². The van der Waals surface area contributed by atoms with Gasteiger partial charge in [-0.25, -0.2) is 4.79 Å². The van der Waals surface area contributed by atoms with E-state index in [0.717, 1.165) is 5.57 Å². The number of esters is 1. The number of hydrogen-bond acceptors (Lipinski definition) is 3. The highest BCUT2D eigenvalue weighted by atomic mass is 19.4. The summed E-state index contributed by atoms with van der Waals surface area (Å²) in [5, 5.41) is 0. The first-order valence-corrected chi connectivity index (χ1v) is 9.04. The molecular weight excluding hydrogens is 347 g/mol. The maximum atomic E-state index is 13.9. The zero-order valence-corrected chi connectivity index (χ0v) is 15.3. The highest BCUT2D eigenvalue weighted by Crippen LogP contribution is 2.57. The molecule has 0 aromatic rings. The number of likely N-dealkylation sites (tertiary alicyclic amines) is 1. The summed E-state index contributed by atoms with van der Waals surface area (Å²) in [6, 6.07) is -0.0927. The third-order valence-electron chi connectivity index (χ3n) is 6.25. The molecule has 1 heterocycles. The highest BCUT2D eigenvalue weighted by molar-refractivity contribution is 5.90. The van der Waals surface area contributed by atoms with Gasteiger partial charge >= 0.3 is 12.1 Å². The van der Waals surface area contributed by atoms with Crippen LogP contribution in [0.15, 0.2) is 22.8 Å². The largest absolute Gasteiger partial charge is 0.463 e. The first kappa shape index (κ1) is 19.0. The second-order valence-corrected chi connectivity index (χ2v) is 7.54. The zero-order chi connectivity index (χ0) is 19.3. The van der Waals surface area contributed by atoms with Crippen LogP contribution in [0, 0.1) is 11.3 Å². The first-order valence-electron chi connectivity index (χ1n) is 9.04. The maximum absolute atomic E-state index is 13.9. The molecule has 1 saturated carbocycles. The van der Waals surface area contributed by atoms with Gasteiger partial charge in [0.2, 0.25) is 5.91 Å². The Morgan fingerprint density at radius 1 is 1.38 bits per heavy atom. The number of ether oxygens (including phenoxy) is 1. The fourth-order valence-corrected chi connectivity index (χ4v) is 5.03. The van der Waals surface area contributed by atoms with Crippen molar-refractivity contribution in [2.75, 3.05) is 13.7 Å². The quantitative estimate of drug-likeness (QED) is 0.548. The van der Waals surface area contributed by atoms with Gasteiger partial charge in [0, 0.05) is 36.4 Å². The third-order valence-corrected chi connectivity index (χ3v) is 6.25. The van der Waals surface area contributed by atoms with Gasteiger partial charge < -0.3 is 9.64 Å². The minimum Gasteiger partial charge on any atom is -0.463 e. The van der Waals surface area contributed by atoms with Crippen molar-refractivity contribution in [1.82, 2.24) is 4.90 Å². The lowest BCUT2D eigenvalue weighted by molar-refractivity contribution is -0.142. The average molecular weight is 371 g/mol. The molecule has 3 atom stereocenters. The van der Waals surface area contributed by atoms with Crippen LogP contribution < -0.4 is 0 Å². The van der Waals surface area contributed by atoms with E-state index in [4.69, 9.17) is 4.74 Å². The number of piperidine rings is 1. The lowest BCUT2D eigenvalue weighted by Crippen LogP contribution is -2.56. The summed E-state index contributed by atoms with van der Waals surface area (Å²) in [5.41, 5.74) is -0.765. The maximum Gasteiger partial charge on any atom is 0.413 e. The molecule has 0 aromatic carbocycles. The Kier molecular flexibility index (Phi) is 4.69. The van der Waals surface area contributed by atoms with E-state index in [9.17, 15) is 22.8 Å². The van der Waals surface area contributed by atoms with Crippen LogP contribution in [0.25, 0.3) is 0 Å². The van der Waals surface area contributed by atoms with Crippen molar-refractivity contribution in [3.8, 4) is 0 Å². The van der Waals surface area contributed by atoms with E-state index >= 15 is 0 Å². The fraction of sp³-hybridized carbons (Fsp3) is 0.684. The van der Waals surface area contributed by atoms with Crippen LogP contribution in [0.3, 0.4) is 0 Å². The van der Waals surface area contributed by atoms with E-state index in [-0.39, 0.29) is 37.0 Å². The number of alkyl halides is 3. The topological polar surface area (TPSA) is 46.6 Å². The Balaban J connectivity index is 2.03. The number of hydrogen-bond donors (Lipinski definition) is 0. The Bertz CT molecular complexity index is 695. The molecule has 4 nitrogen and oxygen atoms in total. The van der Waals surface area contributed by atoms with Crippen LogP contribution in [0.1, 0.15) is 46.0 Å². The summed E-state index contributed by atoms with van der Waals surface area (Å²) >= 11 is 0. The van der Waals surface area contributed by atoms with E-state index < -0.39 is 29.1 Å². The van der Waals surface area contributed by atoms with Crippen LogP contribution in [-0.4, -0.2) is 42.6 Å². The molecule has 2 aliphatic carbocycles. The Morgan fingerprint density at radius 3 is 2.69 bits per heavy atom. The van der Waals surface area contributed by atoms with E-state index in [1.54, 1.807) is 24.9 Å². The van der Waals surface area contributed by atoms with Gasteiger partial charge in [-0.3, -0.25) is 4.79 Å². The predicted octanol–water partition coefficient (Wildman–Crippen LogP) is 3.78. The molecule has 2 fully saturated rings. The second kappa shape index (κ2) is 6.43. The molecule has 0 bridgehead atoms. The van der Waals surface area contributed by atoms with Crippen LogP contribution in [0.5, 0.6) is 0 Å². The predicted molar refractivity (Wildman–Crippen MR) is 89.0 cm³/mol. The van der Waals surface area contributed by atoms with Gasteiger partial charge in [-0.1, -0.05) is 18.6 Å². The highest BCUT2D eigenvalue weighted by Gasteiger charge is 2.55. The third kappa shape index (κ3) is 2.85. The number of allylic oxidation sites excluding steroid dienone is 2. The summed E-state index contributed by atoms with van der Waals surface area (Å²) in [7, 11) is 1.73. The molecular formula is C19H24F3NO3. The van der Waals surface area contributed by atoms with Crippen LogP contribution in [0.2, 0.25) is 0 Å². The summed E-state index contributed by atoms with van der Waals surface area (Å²) in [4.78, 5) is 25.9. The fourth-order valence-electron chi connectivity index (χ4n) is 5.03. The molecule has 0 N–H and O–H groups in total. The lowest BCUT2D eigenvalue weighted by Gasteiger charge is -2.54. The number of rotatable bonds is 2. The standard InChI is InChI=1S/C19H24F3NO3/c1-4-26-17(25)12-5-7-13-11(16(12)19(20,21)22)6-8-14-18(13,2)10-9-15(24)23(14)3/h7,11,14H,4-6,8-10H2,1-3H3. The lowest BCUT2D eigenvalue weighted by atomic mass is 9.56. The number of halogens is 3. The first-order chi connectivity index (χ1) is 12.1. The van der Waals surface area contributed by atoms with Crippen molar-refractivity contribution >= 4 is 11.9 Å². The summed E-state index contributed by atoms with van der Waals surface area (Å²) in [6.07, 6.45) is -1.21. The molecule has 26 heavy (non-hydrogen) atoms. The molecule has 0 radical (unpaired) electrons. The van der Waals surface area contributed by atoms with Gasteiger partial charge in [0.15, 0.2) is 0 Å². The minimum absolute atomic E-state index is 0.0427. The van der Waals surface area contributed by atoms with E-state index in [1.165, 1.54) is 0 Å². The summed E-state index contributed by atoms with van der Waals surface area (Å²) in [6.45, 7) is 3.58. The molecule has 0 aromatic heterocycles. The van der Waals surface area contributed by atoms with Gasteiger partial charge in [0.1, 0.15) is 0 Å². The number of carbonyl (C=O) groups is 2. The van der Waals surface area contributed by atoms with E-state index in [2.05, 4.69) is 0 Å². The molecule has 0 spiro atoms. The van der Waals surface area contributed by atoms with Gasteiger partial charge in [0.25, 0.3) is 0 Å². The number of amides is 1. The van der Waals surface area contributed by atoms with Crippen LogP contribution in [0.4, 0.5) is 13.2 Å². The number of carbonyl (C=O) groups excluding carboxylic acids is 2. The zero-order valence-electron chi connectivity index (χ0n) is 15.3. The van der Waals surface area contributed by atoms with Crippen molar-refractivity contribution < 1.29 is 27.5 Å². The normalized spacial score (nSPS) is 32.0. The van der Waals surface area contributed by atoms with Crippen LogP contribution >= 0.6 is 0 Å². The van der Waals surface area contributed by atoms with Crippen molar-refractivity contribution in [2.45, 2.75) is 58.2 Å². The Labute approximate surface area is 151 Å². The monoisotopic (exact) mass is 371 g/mol. The van der Waals surface area contributed by atoms with E-state index in [1.807, 2.05) is 6.92 Å². The number of nitrogens with zero attached hydrogens (tertiary/aromatic N) is 1. The Morgan fingerprint density at radius 2 is 2.08 bits per heavy atom. The molecule has 1 saturated heterocycles. The smallest absolute Gasteiger partial charge is 0.413 e. The van der Waals surface area contributed by atoms with Gasteiger partial charge in [-0.2, -0.15) is 13.2 Å². The van der Waals surface area contributed by atoms with Gasteiger partial charge in [-0.15, -0.1) is 0 Å². The average Bonchev–Trinajstić information content (AvgIpc) is 2.57. The molecule has 1 aliphatic heterocycles. The molecule has 144 valence electrons. The molecule has 3 rings (SSSR count). The molecule has 7 heteroatoms. The van der Waals surface area contributed by atoms with Crippen molar-refractivity contribution in [3.63, 3.8) is 0 Å². The molecule has 3 aliphatic rings. The van der Waals surface area contributed by atoms with E-state index in [0.29, 0.717) is 19.3 Å². The summed E-state index contributed by atoms with van der Waals surface area (Å²) in [5.74, 6) is -1.66. The van der Waals surface area contributed by atoms with Crippen molar-refractivity contribution in [3.05, 3.63) is 22.8 Å². The molecule has 3 unspecified atom stereocenters.